The van der Waals surface area contributed by atoms with E-state index in [1.54, 1.807) is 0 Å². The molecule has 1 aromatic carbocycles. The van der Waals surface area contributed by atoms with Crippen LogP contribution in [0, 0.1) is 10.1 Å². The zero-order chi connectivity index (χ0) is 15.5. The van der Waals surface area contributed by atoms with Gasteiger partial charge in [-0.15, -0.1) is 0 Å². The fourth-order valence-electron chi connectivity index (χ4n) is 1.64. The van der Waals surface area contributed by atoms with Crippen molar-refractivity contribution >= 4 is 11.5 Å². The van der Waals surface area contributed by atoms with Gasteiger partial charge < -0.3 is 5.32 Å². The number of nitrogens with zero attached hydrogens (tertiary/aromatic N) is 3. The summed E-state index contributed by atoms with van der Waals surface area (Å²) in [5, 5.41) is 13.4. The minimum atomic E-state index is -4.43. The Morgan fingerprint density at radius 3 is 2.76 bits per heavy atom. The average Bonchev–Trinajstić information content (AvgIpc) is 2.45. The van der Waals surface area contributed by atoms with E-state index in [4.69, 9.17) is 0 Å². The monoisotopic (exact) mass is 298 g/mol. The molecule has 21 heavy (non-hydrogen) atoms. The van der Waals surface area contributed by atoms with Crippen molar-refractivity contribution in [3.8, 4) is 0 Å². The average molecular weight is 298 g/mol. The molecule has 0 amide bonds. The summed E-state index contributed by atoms with van der Waals surface area (Å²) in [4.78, 5) is 17.3. The van der Waals surface area contributed by atoms with Gasteiger partial charge in [0, 0.05) is 6.54 Å². The lowest BCUT2D eigenvalue weighted by Crippen LogP contribution is -2.08. The van der Waals surface area contributed by atoms with Gasteiger partial charge in [-0.3, -0.25) is 10.1 Å². The summed E-state index contributed by atoms with van der Waals surface area (Å²) in [6, 6.07) is 4.68. The van der Waals surface area contributed by atoms with Gasteiger partial charge >= 0.3 is 11.9 Å². The van der Waals surface area contributed by atoms with E-state index in [9.17, 15) is 23.3 Å². The lowest BCUT2D eigenvalue weighted by atomic mass is 10.1. The predicted molar refractivity (Wildman–Crippen MR) is 67.5 cm³/mol. The van der Waals surface area contributed by atoms with E-state index < -0.39 is 16.7 Å². The number of anilines is 1. The first kappa shape index (κ1) is 14.7. The van der Waals surface area contributed by atoms with Crippen molar-refractivity contribution in [3.05, 3.63) is 58.0 Å². The lowest BCUT2D eigenvalue weighted by molar-refractivity contribution is -0.384. The number of hydrogen-bond donors (Lipinski definition) is 1. The molecule has 9 heteroatoms. The highest BCUT2D eigenvalue weighted by Gasteiger charge is 2.30. The maximum Gasteiger partial charge on any atom is 0.416 e. The van der Waals surface area contributed by atoms with Crippen LogP contribution < -0.4 is 5.32 Å². The second kappa shape index (κ2) is 5.73. The van der Waals surface area contributed by atoms with Gasteiger partial charge in [0.1, 0.15) is 12.5 Å². The van der Waals surface area contributed by atoms with Gasteiger partial charge in [0.05, 0.1) is 10.5 Å². The van der Waals surface area contributed by atoms with Crippen molar-refractivity contribution in [2.24, 2.45) is 0 Å². The number of nitro groups is 1. The Kier molecular flexibility index (Phi) is 4.01. The van der Waals surface area contributed by atoms with E-state index in [2.05, 4.69) is 15.3 Å². The number of hydrogen-bond acceptors (Lipinski definition) is 5. The van der Waals surface area contributed by atoms with E-state index in [1.807, 2.05) is 0 Å². The van der Waals surface area contributed by atoms with E-state index in [0.717, 1.165) is 24.7 Å². The summed E-state index contributed by atoms with van der Waals surface area (Å²) in [5.41, 5.74) is -0.791. The SMILES string of the molecule is O=[N+]([O-])c1cncnc1NCc1cccc(C(F)(F)F)c1. The van der Waals surface area contributed by atoms with Gasteiger partial charge in [0.25, 0.3) is 0 Å². The number of aromatic nitrogens is 2. The first-order chi connectivity index (χ1) is 9.88. The van der Waals surface area contributed by atoms with Crippen LogP contribution in [0.15, 0.2) is 36.8 Å². The van der Waals surface area contributed by atoms with Crippen LogP contribution in [0.1, 0.15) is 11.1 Å². The van der Waals surface area contributed by atoms with Gasteiger partial charge in [-0.2, -0.15) is 13.2 Å². The molecule has 2 aromatic rings. The summed E-state index contributed by atoms with van der Waals surface area (Å²) in [7, 11) is 0. The maximum atomic E-state index is 12.6. The van der Waals surface area contributed by atoms with Crippen molar-refractivity contribution in [2.45, 2.75) is 12.7 Å². The van der Waals surface area contributed by atoms with Gasteiger partial charge in [0.2, 0.25) is 5.82 Å². The summed E-state index contributed by atoms with van der Waals surface area (Å²) < 4.78 is 37.7. The van der Waals surface area contributed by atoms with Crippen LogP contribution in [0.3, 0.4) is 0 Å². The molecule has 0 aliphatic heterocycles. The molecule has 110 valence electrons. The first-order valence-corrected chi connectivity index (χ1v) is 5.72. The fourth-order valence-corrected chi connectivity index (χ4v) is 1.64. The molecule has 0 bridgehead atoms. The zero-order valence-electron chi connectivity index (χ0n) is 10.5. The molecule has 0 spiro atoms. The molecule has 0 fully saturated rings. The number of halogens is 3. The van der Waals surface area contributed by atoms with Crippen LogP contribution in [0.5, 0.6) is 0 Å². The predicted octanol–water partition coefficient (Wildman–Crippen LogP) is 3.02. The lowest BCUT2D eigenvalue weighted by Gasteiger charge is -2.09. The Labute approximate surface area is 116 Å². The molecule has 1 heterocycles. The van der Waals surface area contributed by atoms with Crippen LogP contribution in [-0.2, 0) is 12.7 Å². The van der Waals surface area contributed by atoms with Gasteiger partial charge in [0.15, 0.2) is 0 Å². The normalized spacial score (nSPS) is 11.2. The van der Waals surface area contributed by atoms with Crippen LogP contribution >= 0.6 is 0 Å². The third kappa shape index (κ3) is 3.65. The van der Waals surface area contributed by atoms with Crippen molar-refractivity contribution in [1.29, 1.82) is 0 Å². The molecule has 0 saturated carbocycles. The molecule has 0 unspecified atom stereocenters. The fraction of sp³-hybridized carbons (Fsp3) is 0.167. The second-order valence-corrected chi connectivity index (χ2v) is 4.07. The van der Waals surface area contributed by atoms with Crippen LogP contribution in [0.25, 0.3) is 0 Å². The van der Waals surface area contributed by atoms with Crippen molar-refractivity contribution < 1.29 is 18.1 Å². The van der Waals surface area contributed by atoms with E-state index in [0.29, 0.717) is 5.56 Å². The summed E-state index contributed by atoms with van der Waals surface area (Å²) in [6.07, 6.45) is -2.31. The molecular formula is C12H9F3N4O2. The molecule has 1 aromatic heterocycles. The van der Waals surface area contributed by atoms with Crippen LogP contribution in [0.4, 0.5) is 24.7 Å². The third-order valence-corrected chi connectivity index (χ3v) is 2.60. The van der Waals surface area contributed by atoms with Crippen molar-refractivity contribution in [3.63, 3.8) is 0 Å². The quantitative estimate of drug-likeness (QED) is 0.693. The number of nitrogens with one attached hydrogen (secondary N) is 1. The standard InChI is InChI=1S/C12H9F3N4O2/c13-12(14,15)9-3-1-2-8(4-9)5-17-11-10(19(20)21)6-16-7-18-11/h1-4,6-7H,5H2,(H,16,17,18). The summed E-state index contributed by atoms with van der Waals surface area (Å²) in [6.45, 7) is -0.0260. The molecular weight excluding hydrogens is 289 g/mol. The zero-order valence-corrected chi connectivity index (χ0v) is 10.5. The number of alkyl halides is 3. The Hall–Kier alpha value is -2.71. The smallest absolute Gasteiger partial charge is 0.360 e. The second-order valence-electron chi connectivity index (χ2n) is 4.07. The van der Waals surface area contributed by atoms with Gasteiger partial charge in [-0.1, -0.05) is 12.1 Å². The summed E-state index contributed by atoms with van der Waals surface area (Å²) >= 11 is 0. The van der Waals surface area contributed by atoms with Gasteiger partial charge in [-0.25, -0.2) is 9.97 Å². The Morgan fingerprint density at radius 1 is 1.33 bits per heavy atom. The Morgan fingerprint density at radius 2 is 2.10 bits per heavy atom. The first-order valence-electron chi connectivity index (χ1n) is 5.72. The molecule has 2 rings (SSSR count). The molecule has 1 N–H and O–H groups in total. The van der Waals surface area contributed by atoms with E-state index in [-0.39, 0.29) is 18.1 Å². The number of benzene rings is 1. The third-order valence-electron chi connectivity index (χ3n) is 2.60. The molecule has 6 nitrogen and oxygen atoms in total. The molecule has 0 saturated heterocycles. The minimum absolute atomic E-state index is 0.0260. The number of rotatable bonds is 4. The molecule has 0 atom stereocenters. The molecule has 0 aliphatic rings. The maximum absolute atomic E-state index is 12.6. The van der Waals surface area contributed by atoms with E-state index >= 15 is 0 Å². The Bertz CT molecular complexity index is 661. The van der Waals surface area contributed by atoms with Crippen LogP contribution in [-0.4, -0.2) is 14.9 Å². The Balaban J connectivity index is 2.16. The minimum Gasteiger partial charge on any atom is -0.360 e. The van der Waals surface area contributed by atoms with Crippen LogP contribution in [0.2, 0.25) is 0 Å². The highest BCUT2D eigenvalue weighted by Crippen LogP contribution is 2.29. The summed E-state index contributed by atoms with van der Waals surface area (Å²) in [5.74, 6) is -0.0487. The van der Waals surface area contributed by atoms with E-state index in [1.165, 1.54) is 12.1 Å². The highest BCUT2D eigenvalue weighted by atomic mass is 19.4. The highest BCUT2D eigenvalue weighted by molar-refractivity contribution is 5.53. The molecule has 0 radical (unpaired) electrons. The topological polar surface area (TPSA) is 81.0 Å². The van der Waals surface area contributed by atoms with Crippen molar-refractivity contribution in [2.75, 3.05) is 5.32 Å². The van der Waals surface area contributed by atoms with Crippen molar-refractivity contribution in [1.82, 2.24) is 9.97 Å². The largest absolute Gasteiger partial charge is 0.416 e. The van der Waals surface area contributed by atoms with Gasteiger partial charge in [-0.05, 0) is 17.7 Å². The molecule has 0 aliphatic carbocycles.